The molecule has 0 aliphatic rings. The maximum Gasteiger partial charge on any atom is 0.260 e. The smallest absolute Gasteiger partial charge is 0.260 e. The first-order chi connectivity index (χ1) is 21.1. The van der Waals surface area contributed by atoms with Crippen molar-refractivity contribution in [2.45, 2.75) is 84.7 Å². The van der Waals surface area contributed by atoms with E-state index < -0.39 is 50.6 Å². The first-order valence-corrected chi connectivity index (χ1v) is 17.5. The summed E-state index contributed by atoms with van der Waals surface area (Å²) in [5, 5.41) is 6.63. The predicted octanol–water partition coefficient (Wildman–Crippen LogP) is 5.47. The van der Waals surface area contributed by atoms with E-state index in [-0.39, 0.29) is 33.4 Å². The molecule has 0 aliphatic heterocycles. The second-order valence-corrected chi connectivity index (χ2v) is 16.1. The number of hydrogen-bond acceptors (Lipinski definition) is 6. The van der Waals surface area contributed by atoms with Crippen molar-refractivity contribution in [3.05, 3.63) is 81.4 Å². The van der Waals surface area contributed by atoms with Crippen molar-refractivity contribution in [1.29, 1.82) is 0 Å². The zero-order valence-electron chi connectivity index (χ0n) is 28.4. The minimum Gasteiger partial charge on any atom is -0.342 e. The quantitative estimate of drug-likeness (QED) is 0.239. The monoisotopic (exact) mass is 694 g/mol. The van der Waals surface area contributed by atoms with Gasteiger partial charge in [-0.25, -0.2) is 13.1 Å². The molecule has 0 aromatic heterocycles. The third kappa shape index (κ3) is 10.3. The first-order valence-electron chi connectivity index (χ1n) is 15.1. The summed E-state index contributed by atoms with van der Waals surface area (Å²) < 4.78 is 27.6. The van der Waals surface area contributed by atoms with Crippen molar-refractivity contribution >= 4 is 50.9 Å². The van der Waals surface area contributed by atoms with Gasteiger partial charge in [0.2, 0.25) is 21.8 Å². The summed E-state index contributed by atoms with van der Waals surface area (Å²) in [6.45, 7) is 14.8. The lowest BCUT2D eigenvalue weighted by Crippen LogP contribution is -2.61. The Morgan fingerprint density at radius 1 is 0.935 bits per heavy atom. The van der Waals surface area contributed by atoms with Crippen LogP contribution in [0.25, 0.3) is 0 Å². The van der Waals surface area contributed by atoms with Crippen LogP contribution in [0.5, 0.6) is 0 Å². The second kappa shape index (κ2) is 15.8. The fourth-order valence-electron chi connectivity index (χ4n) is 5.27. The van der Waals surface area contributed by atoms with Crippen LogP contribution >= 0.6 is 23.2 Å². The Hall–Kier alpha value is -2.92. The fourth-order valence-corrected chi connectivity index (χ4v) is 6.72. The van der Waals surface area contributed by atoms with Gasteiger partial charge in [0.1, 0.15) is 6.04 Å². The van der Waals surface area contributed by atoms with Crippen molar-refractivity contribution in [3.8, 4) is 0 Å². The molecule has 2 rings (SSSR count). The van der Waals surface area contributed by atoms with Crippen molar-refractivity contribution in [2.75, 3.05) is 14.1 Å². The fraction of sp³-hybridized carbons (Fsp3) is 0.500. The average Bonchev–Trinajstić information content (AvgIpc) is 2.95. The van der Waals surface area contributed by atoms with Gasteiger partial charge in [0, 0.05) is 18.0 Å². The van der Waals surface area contributed by atoms with Crippen LogP contribution in [0.15, 0.2) is 60.2 Å². The van der Waals surface area contributed by atoms with E-state index in [9.17, 15) is 22.8 Å². The second-order valence-electron chi connectivity index (χ2n) is 13.6. The van der Waals surface area contributed by atoms with Crippen LogP contribution in [0.1, 0.15) is 66.5 Å². The molecule has 2 aromatic rings. The number of carbonyl (C=O) groups is 3. The van der Waals surface area contributed by atoms with Gasteiger partial charge in [0.15, 0.2) is 0 Å². The summed E-state index contributed by atoms with van der Waals surface area (Å²) in [6.07, 6.45) is 1.57. The Morgan fingerprint density at radius 2 is 1.52 bits per heavy atom. The molecular formula is C34H48Cl2N4O5S. The zero-order chi connectivity index (χ0) is 35.2. The summed E-state index contributed by atoms with van der Waals surface area (Å²) in [7, 11) is -0.736. The van der Waals surface area contributed by atoms with Crippen molar-refractivity contribution in [2.24, 2.45) is 11.3 Å². The number of halogens is 2. The van der Waals surface area contributed by atoms with Crippen LogP contribution in [0, 0.1) is 11.3 Å². The van der Waals surface area contributed by atoms with E-state index in [4.69, 9.17) is 23.2 Å². The summed E-state index contributed by atoms with van der Waals surface area (Å²) in [4.78, 5) is 42.4. The van der Waals surface area contributed by atoms with Gasteiger partial charge in [-0.3, -0.25) is 14.4 Å². The minimum absolute atomic E-state index is 0.118. The van der Waals surface area contributed by atoms with E-state index in [1.165, 1.54) is 30.0 Å². The number of amides is 3. The van der Waals surface area contributed by atoms with Gasteiger partial charge in [0.05, 0.1) is 27.9 Å². The lowest BCUT2D eigenvalue weighted by Gasteiger charge is -2.40. The maximum atomic E-state index is 14.1. The molecule has 0 heterocycles. The van der Waals surface area contributed by atoms with E-state index in [1.807, 2.05) is 78.8 Å². The van der Waals surface area contributed by atoms with Crippen LogP contribution in [0.3, 0.4) is 0 Å². The van der Waals surface area contributed by atoms with Crippen LogP contribution in [-0.4, -0.2) is 63.3 Å². The summed E-state index contributed by atoms with van der Waals surface area (Å²) in [5.74, 6) is -2.10. The number of hydrogen-bond donors (Lipinski definition) is 3. The van der Waals surface area contributed by atoms with Gasteiger partial charge >= 0.3 is 0 Å². The number of sulfonamides is 1. The highest BCUT2D eigenvalue weighted by Crippen LogP contribution is 2.29. The molecule has 0 unspecified atom stereocenters. The number of nitrogens with zero attached hydrogens (tertiary/aromatic N) is 1. The number of rotatable bonds is 13. The molecule has 3 atom stereocenters. The molecule has 2 aromatic carbocycles. The molecule has 3 amide bonds. The van der Waals surface area contributed by atoms with Crippen LogP contribution in [0.2, 0.25) is 10.0 Å². The molecule has 0 saturated heterocycles. The van der Waals surface area contributed by atoms with Crippen molar-refractivity contribution in [1.82, 2.24) is 20.3 Å². The predicted molar refractivity (Wildman–Crippen MR) is 186 cm³/mol. The molecule has 12 heteroatoms. The van der Waals surface area contributed by atoms with Gasteiger partial charge < -0.3 is 15.5 Å². The molecule has 3 N–H and O–H groups in total. The number of benzene rings is 2. The average molecular weight is 696 g/mol. The topological polar surface area (TPSA) is 125 Å². The van der Waals surface area contributed by atoms with E-state index in [0.29, 0.717) is 5.56 Å². The van der Waals surface area contributed by atoms with Crippen LogP contribution in [-0.2, 0) is 35.6 Å². The summed E-state index contributed by atoms with van der Waals surface area (Å²) >= 11 is 11.9. The van der Waals surface area contributed by atoms with Gasteiger partial charge in [0.25, 0.3) is 5.91 Å². The van der Waals surface area contributed by atoms with Gasteiger partial charge in [-0.1, -0.05) is 114 Å². The van der Waals surface area contributed by atoms with E-state index in [2.05, 4.69) is 15.4 Å². The Balaban J connectivity index is 2.29. The van der Waals surface area contributed by atoms with Crippen LogP contribution < -0.4 is 15.4 Å². The Morgan fingerprint density at radius 3 is 2.02 bits per heavy atom. The van der Waals surface area contributed by atoms with Crippen molar-refractivity contribution in [3.63, 3.8) is 0 Å². The minimum atomic E-state index is -4.07. The van der Waals surface area contributed by atoms with Gasteiger partial charge in [-0.05, 0) is 48.6 Å². The molecular weight excluding hydrogens is 647 g/mol. The maximum absolute atomic E-state index is 14.1. The molecule has 46 heavy (non-hydrogen) atoms. The third-order valence-corrected chi connectivity index (χ3v) is 9.98. The molecule has 9 nitrogen and oxygen atoms in total. The molecule has 0 spiro atoms. The van der Waals surface area contributed by atoms with E-state index in [0.717, 1.165) is 5.56 Å². The largest absolute Gasteiger partial charge is 0.342 e. The summed E-state index contributed by atoms with van der Waals surface area (Å²) in [5.41, 5.74) is 0.201. The molecule has 0 saturated carbocycles. The molecule has 0 bridgehead atoms. The normalized spacial score (nSPS) is 14.8. The number of nitrogens with one attached hydrogen (secondary N) is 3. The van der Waals surface area contributed by atoms with Crippen molar-refractivity contribution < 1.29 is 22.8 Å². The first kappa shape index (κ1) is 39.3. The molecule has 0 radical (unpaired) electrons. The van der Waals surface area contributed by atoms with E-state index >= 15 is 0 Å². The number of carbonyl (C=O) groups excluding carboxylic acids is 3. The Kier molecular flexibility index (Phi) is 13.5. The van der Waals surface area contributed by atoms with Gasteiger partial charge in [-0.2, -0.15) is 0 Å². The number of likely N-dealkylation sites (N-methyl/N-ethyl adjacent to an activating group) is 2. The van der Waals surface area contributed by atoms with E-state index in [1.54, 1.807) is 20.2 Å². The molecule has 0 aliphatic carbocycles. The van der Waals surface area contributed by atoms with Crippen LogP contribution in [0.4, 0.5) is 0 Å². The third-order valence-electron chi connectivity index (χ3n) is 8.04. The van der Waals surface area contributed by atoms with Gasteiger partial charge in [-0.15, -0.1) is 0 Å². The molecule has 254 valence electrons. The lowest BCUT2D eigenvalue weighted by atomic mass is 9.76. The molecule has 0 fully saturated rings. The SMILES string of the molecule is CN[C@H](C(=O)N[C@H](C(=O)N(C)[C@H](C=C(C)C(=O)NS(=O)(=O)Cc1ccc(Cl)c(Cl)c1)C(C)C)C(C)(C)C)C(C)(C)c1ccccc1. The highest BCUT2D eigenvalue weighted by atomic mass is 35.5. The standard InChI is InChI=1S/C34H48Cl2N4O5S/c1-21(2)27(18-22(3)30(41)39-46(44,45)20-23-16-17-25(35)26(36)19-23)40(10)32(43)29(33(4,5)6)38-31(42)28(37-9)34(7,8)24-14-12-11-13-15-24/h11-19,21,27-29,37H,20H2,1-10H3,(H,38,42)(H,39,41)/t27-,28-,29-/m1/s1. The zero-order valence-corrected chi connectivity index (χ0v) is 30.7. The Labute approximate surface area is 284 Å². The highest BCUT2D eigenvalue weighted by molar-refractivity contribution is 7.89. The lowest BCUT2D eigenvalue weighted by molar-refractivity contribution is -0.140. The highest BCUT2D eigenvalue weighted by Gasteiger charge is 2.41. The Bertz CT molecular complexity index is 1540. The summed E-state index contributed by atoms with van der Waals surface area (Å²) in [6, 6.07) is 12.0.